The topological polar surface area (TPSA) is 20.2 Å². The highest BCUT2D eigenvalue weighted by atomic mass is 28.3. The molecule has 0 saturated carbocycles. The summed E-state index contributed by atoms with van der Waals surface area (Å²) in [5.41, 5.74) is 4.14. The van der Waals surface area contributed by atoms with E-state index >= 15 is 0 Å². The summed E-state index contributed by atoms with van der Waals surface area (Å²) in [6, 6.07) is 10.9. The Morgan fingerprint density at radius 1 is 1.18 bits per heavy atom. The Morgan fingerprint density at radius 3 is 2.41 bits per heavy atom. The van der Waals surface area contributed by atoms with Gasteiger partial charge in [-0.2, -0.15) is 0 Å². The third kappa shape index (κ3) is 6.27. The van der Waals surface area contributed by atoms with Crippen LogP contribution in [0.3, 0.4) is 0 Å². The predicted molar refractivity (Wildman–Crippen MR) is 76.8 cm³/mol. The van der Waals surface area contributed by atoms with Crippen molar-refractivity contribution in [3.05, 3.63) is 53.8 Å². The molecule has 2 heteroatoms. The van der Waals surface area contributed by atoms with Crippen molar-refractivity contribution in [2.45, 2.75) is 38.2 Å². The first-order valence-corrected chi connectivity index (χ1v) is 9.82. The molecule has 0 aliphatic carbocycles. The van der Waals surface area contributed by atoms with Gasteiger partial charge in [0.15, 0.2) is 0 Å². The lowest BCUT2D eigenvalue weighted by Gasteiger charge is -2.10. The van der Waals surface area contributed by atoms with Crippen molar-refractivity contribution >= 4 is 8.07 Å². The number of hydrogen-bond acceptors (Lipinski definition) is 1. The Balaban J connectivity index is 2.43. The van der Waals surface area contributed by atoms with Gasteiger partial charge in [-0.25, -0.2) is 0 Å². The number of aliphatic hydroxyl groups is 1. The molecule has 0 amide bonds. The monoisotopic (exact) mass is 246 g/mol. The molecule has 0 aliphatic heterocycles. The Kier molecular flexibility index (Phi) is 5.43. The molecule has 1 atom stereocenters. The van der Waals surface area contributed by atoms with Crippen molar-refractivity contribution in [1.29, 1.82) is 0 Å². The van der Waals surface area contributed by atoms with Crippen LogP contribution in [0.1, 0.15) is 18.1 Å². The van der Waals surface area contributed by atoms with Crippen LogP contribution in [0, 0.1) is 0 Å². The van der Waals surface area contributed by atoms with Crippen LogP contribution in [0.2, 0.25) is 25.7 Å². The van der Waals surface area contributed by atoms with Gasteiger partial charge in [0.05, 0.1) is 6.10 Å². The van der Waals surface area contributed by atoms with E-state index in [2.05, 4.69) is 31.4 Å². The molecule has 1 rings (SSSR count). The van der Waals surface area contributed by atoms with Crippen molar-refractivity contribution in [3.63, 3.8) is 0 Å². The zero-order valence-corrected chi connectivity index (χ0v) is 12.0. The number of rotatable bonds is 5. The van der Waals surface area contributed by atoms with Gasteiger partial charge in [0.2, 0.25) is 0 Å². The van der Waals surface area contributed by atoms with E-state index in [0.717, 1.165) is 11.6 Å². The Labute approximate surface area is 106 Å². The molecule has 1 nitrogen and oxygen atoms in total. The van der Waals surface area contributed by atoms with Crippen LogP contribution in [0.4, 0.5) is 0 Å². The fourth-order valence-corrected chi connectivity index (χ4v) is 2.17. The van der Waals surface area contributed by atoms with E-state index in [1.165, 1.54) is 0 Å². The van der Waals surface area contributed by atoms with Gasteiger partial charge >= 0.3 is 0 Å². The molecule has 0 spiro atoms. The number of hydrogen-bond donors (Lipinski definition) is 1. The summed E-state index contributed by atoms with van der Waals surface area (Å²) in [5.74, 6) is 0. The molecule has 0 fully saturated rings. The van der Waals surface area contributed by atoms with E-state index in [-0.39, 0.29) is 0 Å². The molecule has 1 aromatic rings. The highest BCUT2D eigenvalue weighted by Gasteiger charge is 2.09. The molecule has 0 saturated heterocycles. The SMILES string of the molecule is C[Si](C)(C)CC=C=CCC(O)c1ccccc1. The van der Waals surface area contributed by atoms with Crippen molar-refractivity contribution in [2.24, 2.45) is 0 Å². The summed E-state index contributed by atoms with van der Waals surface area (Å²) in [7, 11) is -0.999. The summed E-state index contributed by atoms with van der Waals surface area (Å²) >= 11 is 0. The molecule has 0 aliphatic rings. The van der Waals surface area contributed by atoms with E-state index in [1.807, 2.05) is 36.4 Å². The van der Waals surface area contributed by atoms with Gasteiger partial charge in [-0.3, -0.25) is 0 Å². The summed E-state index contributed by atoms with van der Waals surface area (Å²) in [4.78, 5) is 0. The van der Waals surface area contributed by atoms with Crippen molar-refractivity contribution in [1.82, 2.24) is 0 Å². The molecule has 0 bridgehead atoms. The fraction of sp³-hybridized carbons (Fsp3) is 0.400. The standard InChI is InChI=1S/C15H22OSi/c1-17(2,3)13-9-5-8-12-15(16)14-10-6-4-7-11-14/h4,6-11,15-16H,12-13H2,1-3H3. The zero-order chi connectivity index (χ0) is 12.7. The van der Waals surface area contributed by atoms with Gasteiger partial charge in [-0.1, -0.05) is 50.0 Å². The summed E-state index contributed by atoms with van der Waals surface area (Å²) in [6.45, 7) is 7.01. The van der Waals surface area contributed by atoms with Crippen molar-refractivity contribution in [3.8, 4) is 0 Å². The van der Waals surface area contributed by atoms with Crippen LogP contribution in [0.15, 0.2) is 48.2 Å². The maximum absolute atomic E-state index is 9.90. The summed E-state index contributed by atoms with van der Waals surface area (Å²) in [5, 5.41) is 9.90. The van der Waals surface area contributed by atoms with Crippen LogP contribution in [0.5, 0.6) is 0 Å². The fourth-order valence-electron chi connectivity index (χ4n) is 1.44. The highest BCUT2D eigenvalue weighted by molar-refractivity contribution is 6.76. The quantitative estimate of drug-likeness (QED) is 0.611. The molecular formula is C15H22OSi. The van der Waals surface area contributed by atoms with Gasteiger partial charge in [-0.05, 0) is 23.8 Å². The van der Waals surface area contributed by atoms with Gasteiger partial charge in [-0.15, -0.1) is 5.73 Å². The van der Waals surface area contributed by atoms with E-state index in [1.54, 1.807) is 0 Å². The van der Waals surface area contributed by atoms with E-state index in [9.17, 15) is 5.11 Å². The lowest BCUT2D eigenvalue weighted by Crippen LogP contribution is -2.17. The molecule has 1 N–H and O–H groups in total. The zero-order valence-electron chi connectivity index (χ0n) is 11.0. The average Bonchev–Trinajstić information content (AvgIpc) is 2.28. The highest BCUT2D eigenvalue weighted by Crippen LogP contribution is 2.16. The molecule has 0 aromatic heterocycles. The van der Waals surface area contributed by atoms with Crippen LogP contribution < -0.4 is 0 Å². The van der Waals surface area contributed by atoms with Gasteiger partial charge in [0.25, 0.3) is 0 Å². The van der Waals surface area contributed by atoms with Crippen molar-refractivity contribution < 1.29 is 5.11 Å². The third-order valence-corrected chi connectivity index (χ3v) is 3.90. The lowest BCUT2D eigenvalue weighted by atomic mass is 10.1. The van der Waals surface area contributed by atoms with Crippen LogP contribution in [-0.2, 0) is 0 Å². The second-order valence-electron chi connectivity index (χ2n) is 5.50. The lowest BCUT2D eigenvalue weighted by molar-refractivity contribution is 0.181. The smallest absolute Gasteiger partial charge is 0.0830 e. The molecule has 0 heterocycles. The number of benzene rings is 1. The van der Waals surface area contributed by atoms with Crippen LogP contribution in [-0.4, -0.2) is 13.2 Å². The second-order valence-corrected chi connectivity index (χ2v) is 11.0. The average molecular weight is 246 g/mol. The Hall–Kier alpha value is -1.08. The molecule has 92 valence electrons. The molecule has 1 unspecified atom stereocenters. The normalized spacial score (nSPS) is 12.7. The minimum atomic E-state index is -0.999. The first-order valence-electron chi connectivity index (χ1n) is 6.11. The first kappa shape index (κ1) is 14.0. The summed E-state index contributed by atoms with van der Waals surface area (Å²) in [6.07, 6.45) is 4.25. The van der Waals surface area contributed by atoms with E-state index in [0.29, 0.717) is 6.42 Å². The van der Waals surface area contributed by atoms with Crippen molar-refractivity contribution in [2.75, 3.05) is 0 Å². The van der Waals surface area contributed by atoms with Crippen LogP contribution >= 0.6 is 0 Å². The minimum absolute atomic E-state index is 0.413. The second kappa shape index (κ2) is 6.60. The molecule has 0 radical (unpaired) electrons. The molecule has 1 aromatic carbocycles. The Morgan fingerprint density at radius 2 is 1.82 bits per heavy atom. The Bertz CT molecular complexity index is 383. The molecule has 17 heavy (non-hydrogen) atoms. The van der Waals surface area contributed by atoms with Gasteiger partial charge < -0.3 is 5.11 Å². The van der Waals surface area contributed by atoms with E-state index < -0.39 is 14.2 Å². The number of aliphatic hydroxyl groups excluding tert-OH is 1. The largest absolute Gasteiger partial charge is 0.388 e. The minimum Gasteiger partial charge on any atom is -0.388 e. The maximum atomic E-state index is 9.90. The van der Waals surface area contributed by atoms with Crippen LogP contribution in [0.25, 0.3) is 0 Å². The maximum Gasteiger partial charge on any atom is 0.0830 e. The first-order chi connectivity index (χ1) is 7.99. The van der Waals surface area contributed by atoms with Gasteiger partial charge in [0, 0.05) is 14.5 Å². The summed E-state index contributed by atoms with van der Waals surface area (Å²) < 4.78 is 0. The predicted octanol–water partition coefficient (Wildman–Crippen LogP) is 4.16. The third-order valence-electron chi connectivity index (χ3n) is 2.48. The van der Waals surface area contributed by atoms with Gasteiger partial charge in [0.1, 0.15) is 0 Å². The van der Waals surface area contributed by atoms with E-state index in [4.69, 9.17) is 0 Å². The molecular weight excluding hydrogens is 224 g/mol.